The van der Waals surface area contributed by atoms with Crippen molar-refractivity contribution in [1.82, 2.24) is 19.8 Å². The molecule has 0 aliphatic carbocycles. The molecule has 3 aromatic carbocycles. The van der Waals surface area contributed by atoms with Gasteiger partial charge in [-0.05, 0) is 42.7 Å². The Labute approximate surface area is 192 Å². The second kappa shape index (κ2) is 8.20. The van der Waals surface area contributed by atoms with Crippen LogP contribution in [0.15, 0.2) is 78.9 Å². The Kier molecular flexibility index (Phi) is 5.21. The smallest absolute Gasteiger partial charge is 0.291 e. The van der Waals surface area contributed by atoms with Gasteiger partial charge in [-0.15, -0.1) is 0 Å². The van der Waals surface area contributed by atoms with Gasteiger partial charge in [0.05, 0.1) is 17.6 Å². The summed E-state index contributed by atoms with van der Waals surface area (Å²) in [5.41, 5.74) is 3.64. The molecule has 0 saturated carbocycles. The van der Waals surface area contributed by atoms with Gasteiger partial charge in [-0.3, -0.25) is 9.59 Å². The topological polar surface area (TPSA) is 67.2 Å². The normalized spacial score (nSPS) is 17.8. The third-order valence-corrected chi connectivity index (χ3v) is 6.53. The van der Waals surface area contributed by atoms with Crippen molar-refractivity contribution in [1.29, 1.82) is 0 Å². The Morgan fingerprint density at radius 1 is 1.00 bits per heavy atom. The van der Waals surface area contributed by atoms with Gasteiger partial charge in [-0.2, -0.15) is 0 Å². The molecule has 1 aliphatic heterocycles. The molecule has 0 bridgehead atoms. The molecule has 6 nitrogen and oxygen atoms in total. The summed E-state index contributed by atoms with van der Waals surface area (Å²) in [6, 6.07) is 25.4. The minimum atomic E-state index is -1.08. The zero-order chi connectivity index (χ0) is 23.0. The number of amides is 2. The third kappa shape index (κ3) is 3.67. The zero-order valence-electron chi connectivity index (χ0n) is 18.8. The summed E-state index contributed by atoms with van der Waals surface area (Å²) < 4.78 is 1.88. The maximum absolute atomic E-state index is 13.8. The van der Waals surface area contributed by atoms with E-state index in [-0.39, 0.29) is 11.8 Å². The number of aryl methyl sites for hydroxylation is 1. The average Bonchev–Trinajstić information content (AvgIpc) is 3.20. The summed E-state index contributed by atoms with van der Waals surface area (Å²) in [5.74, 6) is -0.0482. The van der Waals surface area contributed by atoms with Crippen LogP contribution >= 0.6 is 0 Å². The maximum Gasteiger partial charge on any atom is 0.291 e. The maximum atomic E-state index is 13.8. The summed E-state index contributed by atoms with van der Waals surface area (Å²) in [6.07, 6.45) is 0. The number of nitrogens with zero attached hydrogens (tertiary/aromatic N) is 3. The summed E-state index contributed by atoms with van der Waals surface area (Å²) in [4.78, 5) is 33.7. The van der Waals surface area contributed by atoms with E-state index in [1.54, 1.807) is 4.90 Å². The standard InChI is InChI=1S/C27H26N4O2/c1-19-10-6-7-13-21(19)17-31-25(32)24-29-22-14-8-9-15-23(22)30(24)18-27(31,2)26(33)28-16-20-11-4-3-5-12-20/h3-15H,16-18H2,1-2H3,(H,28,33). The molecule has 2 heterocycles. The number of fused-ring (bicyclic) bond motifs is 3. The molecule has 33 heavy (non-hydrogen) atoms. The first-order valence-electron chi connectivity index (χ1n) is 11.1. The van der Waals surface area contributed by atoms with E-state index in [1.165, 1.54) is 0 Å². The van der Waals surface area contributed by atoms with Crippen LogP contribution in [0.3, 0.4) is 0 Å². The fourth-order valence-corrected chi connectivity index (χ4v) is 4.50. The van der Waals surface area contributed by atoms with Crippen molar-refractivity contribution >= 4 is 22.8 Å². The number of para-hydroxylation sites is 2. The molecule has 0 radical (unpaired) electrons. The Morgan fingerprint density at radius 3 is 2.48 bits per heavy atom. The molecule has 1 N–H and O–H groups in total. The van der Waals surface area contributed by atoms with Gasteiger partial charge in [0.1, 0.15) is 5.54 Å². The Balaban J connectivity index is 1.55. The Hall–Kier alpha value is -3.93. The van der Waals surface area contributed by atoms with E-state index >= 15 is 0 Å². The SMILES string of the molecule is Cc1ccccc1CN1C(=O)c2nc3ccccc3n2CC1(C)C(=O)NCc1ccccc1. The van der Waals surface area contributed by atoms with Crippen LogP contribution in [0.25, 0.3) is 11.0 Å². The molecule has 1 aromatic heterocycles. The first-order chi connectivity index (χ1) is 16.0. The molecule has 0 saturated heterocycles. The lowest BCUT2D eigenvalue weighted by atomic mass is 9.93. The van der Waals surface area contributed by atoms with Crippen molar-refractivity contribution in [2.45, 2.75) is 39.0 Å². The highest BCUT2D eigenvalue weighted by molar-refractivity contribution is 6.01. The summed E-state index contributed by atoms with van der Waals surface area (Å²) in [6.45, 7) is 4.94. The number of imidazole rings is 1. The second-order valence-corrected chi connectivity index (χ2v) is 8.77. The molecule has 5 rings (SSSR count). The van der Waals surface area contributed by atoms with E-state index in [2.05, 4.69) is 10.3 Å². The van der Waals surface area contributed by atoms with E-state index in [1.807, 2.05) is 97.3 Å². The average molecular weight is 439 g/mol. The van der Waals surface area contributed by atoms with E-state index in [0.717, 1.165) is 27.7 Å². The van der Waals surface area contributed by atoms with Gasteiger partial charge in [0.15, 0.2) is 5.82 Å². The number of hydrogen-bond acceptors (Lipinski definition) is 3. The van der Waals surface area contributed by atoms with Crippen molar-refractivity contribution in [2.75, 3.05) is 0 Å². The molecule has 1 unspecified atom stereocenters. The summed E-state index contributed by atoms with van der Waals surface area (Å²) in [7, 11) is 0. The van der Waals surface area contributed by atoms with E-state index in [9.17, 15) is 9.59 Å². The number of hydrogen-bond donors (Lipinski definition) is 1. The molecular weight excluding hydrogens is 412 g/mol. The lowest BCUT2D eigenvalue weighted by molar-refractivity contribution is -0.133. The zero-order valence-corrected chi connectivity index (χ0v) is 18.8. The van der Waals surface area contributed by atoms with Gasteiger partial charge in [-0.1, -0.05) is 66.7 Å². The number of nitrogens with one attached hydrogen (secondary N) is 1. The van der Waals surface area contributed by atoms with Crippen LogP contribution in [-0.2, 0) is 24.4 Å². The first kappa shape index (κ1) is 20.9. The number of carbonyl (C=O) groups is 2. The van der Waals surface area contributed by atoms with Crippen molar-refractivity contribution in [3.05, 3.63) is 101 Å². The fraction of sp³-hybridized carbons (Fsp3) is 0.222. The molecule has 6 heteroatoms. The highest BCUT2D eigenvalue weighted by atomic mass is 16.2. The number of rotatable bonds is 5. The van der Waals surface area contributed by atoms with Gasteiger partial charge in [0.2, 0.25) is 5.91 Å². The summed E-state index contributed by atoms with van der Waals surface area (Å²) >= 11 is 0. The Bertz CT molecular complexity index is 1340. The second-order valence-electron chi connectivity index (χ2n) is 8.77. The van der Waals surface area contributed by atoms with Crippen molar-refractivity contribution in [3.63, 3.8) is 0 Å². The predicted molar refractivity (Wildman–Crippen MR) is 127 cm³/mol. The number of aromatic nitrogens is 2. The largest absolute Gasteiger partial charge is 0.350 e. The van der Waals surface area contributed by atoms with Crippen molar-refractivity contribution in [2.24, 2.45) is 0 Å². The van der Waals surface area contributed by atoms with E-state index in [4.69, 9.17) is 0 Å². The molecule has 166 valence electrons. The highest BCUT2D eigenvalue weighted by Gasteiger charge is 2.48. The third-order valence-electron chi connectivity index (χ3n) is 6.53. The van der Waals surface area contributed by atoms with Crippen LogP contribution < -0.4 is 5.32 Å². The van der Waals surface area contributed by atoms with Gasteiger partial charge in [-0.25, -0.2) is 4.98 Å². The van der Waals surface area contributed by atoms with Crippen LogP contribution in [0.4, 0.5) is 0 Å². The molecule has 1 aliphatic rings. The molecule has 2 amide bonds. The van der Waals surface area contributed by atoms with Gasteiger partial charge < -0.3 is 14.8 Å². The van der Waals surface area contributed by atoms with Crippen molar-refractivity contribution in [3.8, 4) is 0 Å². The van der Waals surface area contributed by atoms with Crippen LogP contribution in [0, 0.1) is 6.92 Å². The van der Waals surface area contributed by atoms with Gasteiger partial charge >= 0.3 is 0 Å². The molecule has 0 spiro atoms. The van der Waals surface area contributed by atoms with Crippen LogP contribution in [0.2, 0.25) is 0 Å². The predicted octanol–water partition coefficient (Wildman–Crippen LogP) is 4.08. The quantitative estimate of drug-likeness (QED) is 0.511. The first-order valence-corrected chi connectivity index (χ1v) is 11.1. The number of benzene rings is 3. The van der Waals surface area contributed by atoms with Crippen molar-refractivity contribution < 1.29 is 9.59 Å². The molecular formula is C27H26N4O2. The fourth-order valence-electron chi connectivity index (χ4n) is 4.50. The monoisotopic (exact) mass is 438 g/mol. The molecule has 0 fully saturated rings. The van der Waals surface area contributed by atoms with Gasteiger partial charge in [0, 0.05) is 13.1 Å². The van der Waals surface area contributed by atoms with E-state index in [0.29, 0.717) is 25.5 Å². The Morgan fingerprint density at radius 2 is 1.70 bits per heavy atom. The lowest BCUT2D eigenvalue weighted by Crippen LogP contribution is -2.63. The minimum absolute atomic E-state index is 0.184. The molecule has 4 aromatic rings. The van der Waals surface area contributed by atoms with E-state index < -0.39 is 5.54 Å². The van der Waals surface area contributed by atoms with Crippen LogP contribution in [-0.4, -0.2) is 31.8 Å². The lowest BCUT2D eigenvalue weighted by Gasteiger charge is -2.43. The number of carbonyl (C=O) groups excluding carboxylic acids is 2. The van der Waals surface area contributed by atoms with Gasteiger partial charge in [0.25, 0.3) is 5.91 Å². The summed E-state index contributed by atoms with van der Waals surface area (Å²) in [5, 5.41) is 3.06. The van der Waals surface area contributed by atoms with Crippen LogP contribution in [0.5, 0.6) is 0 Å². The van der Waals surface area contributed by atoms with Crippen LogP contribution in [0.1, 0.15) is 34.2 Å². The minimum Gasteiger partial charge on any atom is -0.350 e. The highest BCUT2D eigenvalue weighted by Crippen LogP contribution is 2.32. The molecule has 1 atom stereocenters.